The molecule has 2 rings (SSSR count). The number of carbonyl (C=O) groups excluding carboxylic acids is 1. The maximum atomic E-state index is 12.4. The van der Waals surface area contributed by atoms with E-state index in [1.165, 1.54) is 12.8 Å². The molecule has 1 amide bonds. The number of halogens is 1. The van der Waals surface area contributed by atoms with E-state index in [1.807, 2.05) is 37.1 Å². The summed E-state index contributed by atoms with van der Waals surface area (Å²) in [6, 6.07) is 5.86. The molecule has 0 aliphatic carbocycles. The quantitative estimate of drug-likeness (QED) is 0.927. The Hall–Kier alpha value is -0.870. The van der Waals surface area contributed by atoms with E-state index in [-0.39, 0.29) is 5.91 Å². The minimum Gasteiger partial charge on any atom is -0.341 e. The maximum absolute atomic E-state index is 12.4. The summed E-state index contributed by atoms with van der Waals surface area (Å²) in [4.78, 5) is 14.3. The molecule has 0 aromatic heterocycles. The lowest BCUT2D eigenvalue weighted by atomic mass is 9.99. The zero-order valence-corrected chi connectivity index (χ0v) is 13.2. The Morgan fingerprint density at radius 3 is 2.89 bits per heavy atom. The number of benzene rings is 1. The number of nitrogens with one attached hydrogen (secondary N) is 1. The molecule has 1 aliphatic rings. The molecular formula is C15H21BrN2O. The molecule has 4 heteroatoms. The molecule has 104 valence electrons. The first-order chi connectivity index (χ1) is 9.06. The van der Waals surface area contributed by atoms with Gasteiger partial charge in [-0.05, 0) is 62.5 Å². The van der Waals surface area contributed by atoms with Gasteiger partial charge in [0.25, 0.3) is 5.91 Å². The summed E-state index contributed by atoms with van der Waals surface area (Å²) in [6.45, 7) is 4.97. The molecule has 1 N–H and O–H groups in total. The highest BCUT2D eigenvalue weighted by molar-refractivity contribution is 9.10. The third kappa shape index (κ3) is 4.05. The molecule has 1 heterocycles. The van der Waals surface area contributed by atoms with E-state index in [1.54, 1.807) is 0 Å². The summed E-state index contributed by atoms with van der Waals surface area (Å²) in [7, 11) is 1.90. The van der Waals surface area contributed by atoms with E-state index in [0.29, 0.717) is 5.92 Å². The van der Waals surface area contributed by atoms with Crippen molar-refractivity contribution in [2.24, 2.45) is 5.92 Å². The van der Waals surface area contributed by atoms with Crippen molar-refractivity contribution in [3.05, 3.63) is 33.8 Å². The average Bonchev–Trinajstić information content (AvgIpc) is 2.37. The number of amides is 1. The van der Waals surface area contributed by atoms with Crippen LogP contribution in [0.25, 0.3) is 0 Å². The minimum absolute atomic E-state index is 0.106. The van der Waals surface area contributed by atoms with Crippen molar-refractivity contribution in [2.75, 3.05) is 26.7 Å². The van der Waals surface area contributed by atoms with Crippen LogP contribution in [0.3, 0.4) is 0 Å². The molecule has 1 fully saturated rings. The van der Waals surface area contributed by atoms with Gasteiger partial charge in [0.2, 0.25) is 0 Å². The third-order valence-corrected chi connectivity index (χ3v) is 4.02. The summed E-state index contributed by atoms with van der Waals surface area (Å²) in [5.74, 6) is 0.686. The molecule has 0 saturated carbocycles. The summed E-state index contributed by atoms with van der Waals surface area (Å²) in [5, 5.41) is 3.39. The van der Waals surface area contributed by atoms with Gasteiger partial charge in [0.15, 0.2) is 0 Å². The predicted octanol–water partition coefficient (Wildman–Crippen LogP) is 2.83. The number of hydrogen-bond donors (Lipinski definition) is 1. The first-order valence-corrected chi connectivity index (χ1v) is 7.59. The predicted molar refractivity (Wildman–Crippen MR) is 81.4 cm³/mol. The summed E-state index contributed by atoms with van der Waals surface area (Å²) in [6.07, 6.45) is 2.42. The number of nitrogens with zero attached hydrogens (tertiary/aromatic N) is 1. The van der Waals surface area contributed by atoms with Gasteiger partial charge in [0.05, 0.1) is 0 Å². The zero-order valence-electron chi connectivity index (χ0n) is 11.6. The second-order valence-corrected chi connectivity index (χ2v) is 6.33. The highest BCUT2D eigenvalue weighted by Crippen LogP contribution is 2.18. The Balaban J connectivity index is 2.01. The Bertz CT molecular complexity index is 435. The van der Waals surface area contributed by atoms with E-state index >= 15 is 0 Å². The molecule has 3 nitrogen and oxygen atoms in total. The van der Waals surface area contributed by atoms with Crippen LogP contribution in [0.2, 0.25) is 0 Å². The lowest BCUT2D eigenvalue weighted by molar-refractivity contribution is 0.0764. The maximum Gasteiger partial charge on any atom is 0.253 e. The molecular weight excluding hydrogens is 304 g/mol. The molecule has 19 heavy (non-hydrogen) atoms. The molecule has 1 saturated heterocycles. The fraction of sp³-hybridized carbons (Fsp3) is 0.533. The van der Waals surface area contributed by atoms with Gasteiger partial charge in [-0.1, -0.05) is 15.9 Å². The van der Waals surface area contributed by atoms with Crippen molar-refractivity contribution < 1.29 is 4.79 Å². The molecule has 1 atom stereocenters. The fourth-order valence-electron chi connectivity index (χ4n) is 2.63. The Morgan fingerprint density at radius 1 is 1.47 bits per heavy atom. The highest BCUT2D eigenvalue weighted by atomic mass is 79.9. The van der Waals surface area contributed by atoms with E-state index in [4.69, 9.17) is 0 Å². The second-order valence-electron chi connectivity index (χ2n) is 5.42. The molecule has 1 aromatic carbocycles. The highest BCUT2D eigenvalue weighted by Gasteiger charge is 2.19. The third-order valence-electron chi connectivity index (χ3n) is 3.57. The zero-order chi connectivity index (χ0) is 13.8. The first kappa shape index (κ1) is 14.5. The van der Waals surface area contributed by atoms with Gasteiger partial charge in [-0.15, -0.1) is 0 Å². The van der Waals surface area contributed by atoms with Gasteiger partial charge >= 0.3 is 0 Å². The SMILES string of the molecule is Cc1cc(Br)cc(C(=O)N(C)CC2CCCNC2)c1. The van der Waals surface area contributed by atoms with Crippen LogP contribution in [0, 0.1) is 12.8 Å². The van der Waals surface area contributed by atoms with Crippen molar-refractivity contribution >= 4 is 21.8 Å². The standard InChI is InChI=1S/C15H21BrN2O/c1-11-6-13(8-14(16)7-11)15(19)18(2)10-12-4-3-5-17-9-12/h6-8,12,17H,3-5,9-10H2,1-2H3. The number of rotatable bonds is 3. The van der Waals surface area contributed by atoms with Gasteiger partial charge in [-0.3, -0.25) is 4.79 Å². The van der Waals surface area contributed by atoms with E-state index in [0.717, 1.165) is 35.2 Å². The smallest absolute Gasteiger partial charge is 0.253 e. The lowest BCUT2D eigenvalue weighted by Gasteiger charge is -2.27. The molecule has 0 bridgehead atoms. The van der Waals surface area contributed by atoms with Crippen molar-refractivity contribution in [3.8, 4) is 0 Å². The molecule has 1 aromatic rings. The summed E-state index contributed by atoms with van der Waals surface area (Å²) in [5.41, 5.74) is 1.86. The van der Waals surface area contributed by atoms with E-state index in [9.17, 15) is 4.79 Å². The van der Waals surface area contributed by atoms with Crippen LogP contribution >= 0.6 is 15.9 Å². The Morgan fingerprint density at radius 2 is 2.26 bits per heavy atom. The van der Waals surface area contributed by atoms with Gasteiger partial charge in [0, 0.05) is 23.6 Å². The van der Waals surface area contributed by atoms with Crippen molar-refractivity contribution in [1.82, 2.24) is 10.2 Å². The number of hydrogen-bond acceptors (Lipinski definition) is 2. The van der Waals surface area contributed by atoms with Crippen LogP contribution in [-0.4, -0.2) is 37.5 Å². The van der Waals surface area contributed by atoms with E-state index in [2.05, 4.69) is 21.2 Å². The second kappa shape index (κ2) is 6.53. The van der Waals surface area contributed by atoms with Gasteiger partial charge in [0.1, 0.15) is 0 Å². The molecule has 1 unspecified atom stereocenters. The summed E-state index contributed by atoms with van der Waals surface area (Å²) < 4.78 is 0.962. The number of piperidine rings is 1. The molecule has 0 spiro atoms. The fourth-order valence-corrected chi connectivity index (χ4v) is 3.24. The summed E-state index contributed by atoms with van der Waals surface area (Å²) >= 11 is 3.45. The first-order valence-electron chi connectivity index (χ1n) is 6.79. The largest absolute Gasteiger partial charge is 0.341 e. The van der Waals surface area contributed by atoms with E-state index < -0.39 is 0 Å². The van der Waals surface area contributed by atoms with Gasteiger partial charge in [-0.2, -0.15) is 0 Å². The van der Waals surface area contributed by atoms with Crippen LogP contribution in [-0.2, 0) is 0 Å². The van der Waals surface area contributed by atoms with Crippen LogP contribution in [0.4, 0.5) is 0 Å². The molecule has 1 aliphatic heterocycles. The monoisotopic (exact) mass is 324 g/mol. The topological polar surface area (TPSA) is 32.3 Å². The number of carbonyl (C=O) groups is 1. The van der Waals surface area contributed by atoms with Crippen LogP contribution in [0.15, 0.2) is 22.7 Å². The average molecular weight is 325 g/mol. The normalized spacial score (nSPS) is 19.2. The van der Waals surface area contributed by atoms with Crippen LogP contribution in [0.5, 0.6) is 0 Å². The van der Waals surface area contributed by atoms with Crippen molar-refractivity contribution in [2.45, 2.75) is 19.8 Å². The van der Waals surface area contributed by atoms with Crippen molar-refractivity contribution in [3.63, 3.8) is 0 Å². The van der Waals surface area contributed by atoms with Gasteiger partial charge < -0.3 is 10.2 Å². The molecule has 0 radical (unpaired) electrons. The lowest BCUT2D eigenvalue weighted by Crippen LogP contribution is -2.39. The van der Waals surface area contributed by atoms with Gasteiger partial charge in [-0.25, -0.2) is 0 Å². The van der Waals surface area contributed by atoms with Crippen LogP contribution in [0.1, 0.15) is 28.8 Å². The van der Waals surface area contributed by atoms with Crippen LogP contribution < -0.4 is 5.32 Å². The number of aryl methyl sites for hydroxylation is 1. The Labute approximate surface area is 123 Å². The van der Waals surface area contributed by atoms with Crippen molar-refractivity contribution in [1.29, 1.82) is 0 Å². The minimum atomic E-state index is 0.106. The Kier molecular flexibility index (Phi) is 4.99.